The van der Waals surface area contributed by atoms with Crippen molar-refractivity contribution in [3.05, 3.63) is 22.4 Å². The van der Waals surface area contributed by atoms with Crippen molar-refractivity contribution in [2.45, 2.75) is 0 Å². The number of amides is 1. The molecule has 0 saturated heterocycles. The SMILES string of the molecule is CN(C)c1ncc([N+](=O)[O-])cc1NC(=O)O. The minimum Gasteiger partial charge on any atom is -0.465 e. The fourth-order valence-corrected chi connectivity index (χ4v) is 1.11. The van der Waals surface area contributed by atoms with Crippen molar-refractivity contribution in [2.24, 2.45) is 0 Å². The second-order valence-electron chi connectivity index (χ2n) is 3.15. The van der Waals surface area contributed by atoms with Gasteiger partial charge in [0.25, 0.3) is 5.69 Å². The monoisotopic (exact) mass is 226 g/mol. The second-order valence-corrected chi connectivity index (χ2v) is 3.15. The number of carbonyl (C=O) groups is 1. The van der Waals surface area contributed by atoms with Crippen LogP contribution in [0.3, 0.4) is 0 Å². The molecule has 0 atom stereocenters. The molecule has 16 heavy (non-hydrogen) atoms. The first-order valence-electron chi connectivity index (χ1n) is 4.23. The van der Waals surface area contributed by atoms with Crippen LogP contribution in [0.1, 0.15) is 0 Å². The van der Waals surface area contributed by atoms with Crippen LogP contribution in [0, 0.1) is 10.1 Å². The molecule has 0 aliphatic heterocycles. The van der Waals surface area contributed by atoms with E-state index in [2.05, 4.69) is 10.3 Å². The Bertz CT molecular complexity index is 432. The first-order chi connectivity index (χ1) is 7.41. The molecule has 8 nitrogen and oxygen atoms in total. The van der Waals surface area contributed by atoms with E-state index < -0.39 is 11.0 Å². The lowest BCUT2D eigenvalue weighted by Gasteiger charge is -2.14. The van der Waals surface area contributed by atoms with Gasteiger partial charge < -0.3 is 10.0 Å². The molecule has 8 heteroatoms. The van der Waals surface area contributed by atoms with E-state index in [0.29, 0.717) is 5.82 Å². The number of aromatic nitrogens is 1. The highest BCUT2D eigenvalue weighted by Gasteiger charge is 2.14. The minimum absolute atomic E-state index is 0.0756. The van der Waals surface area contributed by atoms with Crippen molar-refractivity contribution < 1.29 is 14.8 Å². The summed E-state index contributed by atoms with van der Waals surface area (Å²) >= 11 is 0. The molecule has 1 aromatic rings. The number of hydrogen-bond donors (Lipinski definition) is 2. The van der Waals surface area contributed by atoms with Crippen LogP contribution in [0.25, 0.3) is 0 Å². The maximum absolute atomic E-state index is 10.5. The van der Waals surface area contributed by atoms with E-state index in [1.807, 2.05) is 0 Å². The third kappa shape index (κ3) is 2.56. The zero-order valence-electron chi connectivity index (χ0n) is 8.67. The zero-order valence-corrected chi connectivity index (χ0v) is 8.67. The number of hydrogen-bond acceptors (Lipinski definition) is 5. The molecule has 0 bridgehead atoms. The van der Waals surface area contributed by atoms with Gasteiger partial charge in [-0.25, -0.2) is 9.78 Å². The fourth-order valence-electron chi connectivity index (χ4n) is 1.11. The lowest BCUT2D eigenvalue weighted by Crippen LogP contribution is -2.16. The Morgan fingerprint density at radius 2 is 2.25 bits per heavy atom. The molecule has 0 aliphatic rings. The van der Waals surface area contributed by atoms with Crippen LogP contribution in [0.5, 0.6) is 0 Å². The molecular formula is C8H10N4O4. The number of anilines is 2. The first kappa shape index (κ1) is 11.7. The Labute approximate surface area is 90.7 Å². The average Bonchev–Trinajstić information content (AvgIpc) is 2.15. The van der Waals surface area contributed by atoms with E-state index in [4.69, 9.17) is 5.11 Å². The van der Waals surface area contributed by atoms with E-state index in [1.165, 1.54) is 0 Å². The Hall–Kier alpha value is -2.38. The fraction of sp³-hybridized carbons (Fsp3) is 0.250. The number of carboxylic acid groups (broad SMARTS) is 1. The maximum Gasteiger partial charge on any atom is 0.409 e. The van der Waals surface area contributed by atoms with Gasteiger partial charge in [-0.3, -0.25) is 15.4 Å². The molecular weight excluding hydrogens is 216 g/mol. The summed E-state index contributed by atoms with van der Waals surface area (Å²) in [5.74, 6) is 0.313. The smallest absolute Gasteiger partial charge is 0.409 e. The van der Waals surface area contributed by atoms with Gasteiger partial charge in [0.1, 0.15) is 6.20 Å². The molecule has 0 aromatic carbocycles. The van der Waals surface area contributed by atoms with Gasteiger partial charge in [0.05, 0.1) is 10.6 Å². The summed E-state index contributed by atoms with van der Waals surface area (Å²) in [6, 6.07) is 1.12. The molecule has 0 aliphatic carbocycles. The number of pyridine rings is 1. The van der Waals surface area contributed by atoms with Crippen molar-refractivity contribution in [1.29, 1.82) is 0 Å². The summed E-state index contributed by atoms with van der Waals surface area (Å²) in [5, 5.41) is 21.1. The Kier molecular flexibility index (Phi) is 3.24. The standard InChI is InChI=1S/C8H10N4O4/c1-11(2)7-6(10-8(13)14)3-5(4-9-7)12(15)16/h3-4,10H,1-2H3,(H,13,14). The molecule has 0 unspecified atom stereocenters. The van der Waals surface area contributed by atoms with Crippen LogP contribution in [0.4, 0.5) is 22.0 Å². The van der Waals surface area contributed by atoms with Crippen molar-refractivity contribution in [2.75, 3.05) is 24.3 Å². The predicted octanol–water partition coefficient (Wildman–Crippen LogP) is 1.15. The van der Waals surface area contributed by atoms with Crippen molar-refractivity contribution in [3.8, 4) is 0 Å². The summed E-state index contributed by atoms with van der Waals surface area (Å²) in [4.78, 5) is 25.7. The molecule has 0 saturated carbocycles. The third-order valence-electron chi connectivity index (χ3n) is 1.73. The number of rotatable bonds is 3. The molecule has 2 N–H and O–H groups in total. The molecule has 1 heterocycles. The summed E-state index contributed by atoms with van der Waals surface area (Å²) in [6.45, 7) is 0. The highest BCUT2D eigenvalue weighted by molar-refractivity contribution is 5.87. The molecule has 1 amide bonds. The van der Waals surface area contributed by atoms with Gasteiger partial charge in [-0.15, -0.1) is 0 Å². The maximum atomic E-state index is 10.5. The van der Waals surface area contributed by atoms with Gasteiger partial charge in [0.2, 0.25) is 0 Å². The van der Waals surface area contributed by atoms with Crippen molar-refractivity contribution in [1.82, 2.24) is 4.98 Å². The van der Waals surface area contributed by atoms with Crippen LogP contribution < -0.4 is 10.2 Å². The highest BCUT2D eigenvalue weighted by Crippen LogP contribution is 2.25. The number of nitrogens with one attached hydrogen (secondary N) is 1. The van der Waals surface area contributed by atoms with Crippen LogP contribution in [0.15, 0.2) is 12.3 Å². The summed E-state index contributed by atoms with van der Waals surface area (Å²) in [7, 11) is 3.31. The normalized spacial score (nSPS) is 9.62. The van der Waals surface area contributed by atoms with Gasteiger partial charge in [-0.2, -0.15) is 0 Å². The third-order valence-corrected chi connectivity index (χ3v) is 1.73. The van der Waals surface area contributed by atoms with Gasteiger partial charge in [-0.1, -0.05) is 0 Å². The van der Waals surface area contributed by atoms with Crippen LogP contribution >= 0.6 is 0 Å². The van der Waals surface area contributed by atoms with Crippen LogP contribution in [-0.4, -0.2) is 35.2 Å². The van der Waals surface area contributed by atoms with E-state index >= 15 is 0 Å². The van der Waals surface area contributed by atoms with E-state index in [1.54, 1.807) is 19.0 Å². The van der Waals surface area contributed by atoms with Gasteiger partial charge in [-0.05, 0) is 0 Å². The number of nitro groups is 1. The first-order valence-corrected chi connectivity index (χ1v) is 4.23. The Morgan fingerprint density at radius 3 is 2.69 bits per heavy atom. The molecule has 0 radical (unpaired) electrons. The van der Waals surface area contributed by atoms with Crippen LogP contribution in [0.2, 0.25) is 0 Å². The summed E-state index contributed by atoms with van der Waals surface area (Å²) < 4.78 is 0. The van der Waals surface area contributed by atoms with Gasteiger partial charge >= 0.3 is 6.09 Å². The van der Waals surface area contributed by atoms with E-state index in [0.717, 1.165) is 12.3 Å². The summed E-state index contributed by atoms with van der Waals surface area (Å²) in [5.41, 5.74) is -0.193. The topological polar surface area (TPSA) is 109 Å². The van der Waals surface area contributed by atoms with E-state index in [-0.39, 0.29) is 11.4 Å². The number of nitrogens with zero attached hydrogens (tertiary/aromatic N) is 3. The Balaban J connectivity index is 3.20. The lowest BCUT2D eigenvalue weighted by atomic mass is 10.3. The van der Waals surface area contributed by atoms with Gasteiger partial charge in [0.15, 0.2) is 5.82 Å². The Morgan fingerprint density at radius 1 is 1.62 bits per heavy atom. The molecule has 1 aromatic heterocycles. The zero-order chi connectivity index (χ0) is 12.3. The van der Waals surface area contributed by atoms with Crippen LogP contribution in [-0.2, 0) is 0 Å². The summed E-state index contributed by atoms with van der Waals surface area (Å²) in [6.07, 6.45) is -0.229. The lowest BCUT2D eigenvalue weighted by molar-refractivity contribution is -0.385. The molecule has 0 fully saturated rings. The minimum atomic E-state index is -1.30. The highest BCUT2D eigenvalue weighted by atomic mass is 16.6. The molecule has 1 rings (SSSR count). The predicted molar refractivity (Wildman–Crippen MR) is 56.9 cm³/mol. The second kappa shape index (κ2) is 4.43. The van der Waals surface area contributed by atoms with E-state index in [9.17, 15) is 14.9 Å². The largest absolute Gasteiger partial charge is 0.465 e. The van der Waals surface area contributed by atoms with Crippen molar-refractivity contribution >= 4 is 23.3 Å². The van der Waals surface area contributed by atoms with Gasteiger partial charge in [0, 0.05) is 20.2 Å². The molecule has 86 valence electrons. The van der Waals surface area contributed by atoms with Crippen molar-refractivity contribution in [3.63, 3.8) is 0 Å². The molecule has 0 spiro atoms. The quantitative estimate of drug-likeness (QED) is 0.591. The average molecular weight is 226 g/mol.